The Balaban J connectivity index is 1.67. The third-order valence-corrected chi connectivity index (χ3v) is 5.33. The van der Waals surface area contributed by atoms with E-state index in [0.29, 0.717) is 35.3 Å². The van der Waals surface area contributed by atoms with Crippen LogP contribution in [0.1, 0.15) is 11.1 Å². The number of benzene rings is 2. The Morgan fingerprint density at radius 2 is 1.61 bits per heavy atom. The molecule has 0 radical (unpaired) electrons. The largest absolute Gasteiger partial charge is 0.495 e. The van der Waals surface area contributed by atoms with E-state index in [0.717, 1.165) is 13.1 Å². The summed E-state index contributed by atoms with van der Waals surface area (Å²) in [5.41, 5.74) is 4.31. The first kappa shape index (κ1) is 20.1. The zero-order valence-electron chi connectivity index (χ0n) is 16.7. The summed E-state index contributed by atoms with van der Waals surface area (Å²) in [6.45, 7) is 7.12. The summed E-state index contributed by atoms with van der Waals surface area (Å²) >= 11 is 6.19. The number of anilines is 2. The monoisotopic (exact) mass is 403 g/mol. The van der Waals surface area contributed by atoms with E-state index in [-0.39, 0.29) is 6.03 Å². The molecule has 7 heteroatoms. The van der Waals surface area contributed by atoms with Gasteiger partial charge in [0.25, 0.3) is 0 Å². The van der Waals surface area contributed by atoms with Crippen molar-refractivity contribution < 1.29 is 14.3 Å². The minimum absolute atomic E-state index is 0.166. The summed E-state index contributed by atoms with van der Waals surface area (Å²) in [7, 11) is 3.08. The third-order valence-electron chi connectivity index (χ3n) is 5.04. The minimum Gasteiger partial charge on any atom is -0.495 e. The van der Waals surface area contributed by atoms with Crippen LogP contribution in [0.15, 0.2) is 30.3 Å². The molecule has 28 heavy (non-hydrogen) atoms. The van der Waals surface area contributed by atoms with Crippen LogP contribution < -0.4 is 19.7 Å². The van der Waals surface area contributed by atoms with E-state index in [9.17, 15) is 4.79 Å². The normalized spacial score (nSPS) is 14.0. The Bertz CT molecular complexity index is 844. The lowest BCUT2D eigenvalue weighted by Gasteiger charge is -2.37. The first-order chi connectivity index (χ1) is 13.4. The molecule has 1 heterocycles. The zero-order valence-corrected chi connectivity index (χ0v) is 17.5. The second kappa shape index (κ2) is 8.61. The SMILES string of the molecule is COc1cc(OC)c(NC(=O)N2CCN(c3c(C)cccc3C)CC2)cc1Cl. The van der Waals surface area contributed by atoms with Crippen LogP contribution in [-0.2, 0) is 0 Å². The number of aryl methyl sites for hydroxylation is 2. The number of ether oxygens (including phenoxy) is 2. The molecule has 1 fully saturated rings. The van der Waals surface area contributed by atoms with Crippen LogP contribution in [0.4, 0.5) is 16.2 Å². The van der Waals surface area contributed by atoms with Gasteiger partial charge in [-0.1, -0.05) is 29.8 Å². The van der Waals surface area contributed by atoms with Crippen molar-refractivity contribution in [3.8, 4) is 11.5 Å². The number of hydrogen-bond acceptors (Lipinski definition) is 4. The Hall–Kier alpha value is -2.60. The smallest absolute Gasteiger partial charge is 0.322 e. The standard InChI is InChI=1S/C21H26ClN3O3/c1-14-6-5-7-15(2)20(14)24-8-10-25(11-9-24)21(26)23-17-12-16(22)18(27-3)13-19(17)28-4/h5-7,12-13H,8-11H2,1-4H3,(H,23,26). The van der Waals surface area contributed by atoms with Gasteiger partial charge in [0.05, 0.1) is 24.9 Å². The Kier molecular flexibility index (Phi) is 6.19. The highest BCUT2D eigenvalue weighted by Gasteiger charge is 2.24. The van der Waals surface area contributed by atoms with Crippen molar-refractivity contribution in [2.24, 2.45) is 0 Å². The minimum atomic E-state index is -0.166. The molecule has 0 saturated carbocycles. The van der Waals surface area contributed by atoms with E-state index in [1.165, 1.54) is 23.9 Å². The van der Waals surface area contributed by atoms with Crippen LogP contribution in [-0.4, -0.2) is 51.3 Å². The van der Waals surface area contributed by atoms with Gasteiger partial charge in [-0.25, -0.2) is 4.79 Å². The second-order valence-corrected chi connectivity index (χ2v) is 7.24. The first-order valence-corrected chi connectivity index (χ1v) is 9.61. The van der Waals surface area contributed by atoms with E-state index >= 15 is 0 Å². The molecule has 0 aliphatic carbocycles. The molecule has 1 N–H and O–H groups in total. The quantitative estimate of drug-likeness (QED) is 0.825. The molecule has 0 atom stereocenters. The molecular weight excluding hydrogens is 378 g/mol. The van der Waals surface area contributed by atoms with Crippen molar-refractivity contribution in [3.05, 3.63) is 46.5 Å². The highest BCUT2D eigenvalue weighted by Crippen LogP contribution is 2.36. The second-order valence-electron chi connectivity index (χ2n) is 6.83. The molecule has 2 aromatic rings. The fourth-order valence-electron chi connectivity index (χ4n) is 3.59. The summed E-state index contributed by atoms with van der Waals surface area (Å²) < 4.78 is 10.5. The molecule has 1 saturated heterocycles. The summed E-state index contributed by atoms with van der Waals surface area (Å²) in [5.74, 6) is 1.00. The maximum absolute atomic E-state index is 12.7. The van der Waals surface area contributed by atoms with Gasteiger partial charge in [0.15, 0.2) is 0 Å². The van der Waals surface area contributed by atoms with Crippen LogP contribution in [0.5, 0.6) is 11.5 Å². The Labute approximate surface area is 171 Å². The fourth-order valence-corrected chi connectivity index (χ4v) is 3.83. The highest BCUT2D eigenvalue weighted by atomic mass is 35.5. The van der Waals surface area contributed by atoms with Crippen molar-refractivity contribution in [1.82, 2.24) is 4.90 Å². The number of para-hydroxylation sites is 1. The van der Waals surface area contributed by atoms with E-state index < -0.39 is 0 Å². The number of nitrogens with zero attached hydrogens (tertiary/aromatic N) is 2. The van der Waals surface area contributed by atoms with E-state index in [1.807, 2.05) is 4.90 Å². The Morgan fingerprint density at radius 1 is 1.00 bits per heavy atom. The van der Waals surface area contributed by atoms with Gasteiger partial charge in [0.1, 0.15) is 11.5 Å². The van der Waals surface area contributed by atoms with Gasteiger partial charge < -0.3 is 24.6 Å². The summed E-state index contributed by atoms with van der Waals surface area (Å²) in [5, 5.41) is 3.32. The third kappa shape index (κ3) is 4.12. The average molecular weight is 404 g/mol. The molecular formula is C21H26ClN3O3. The number of piperazine rings is 1. The van der Waals surface area contributed by atoms with Gasteiger partial charge in [-0.15, -0.1) is 0 Å². The number of carbonyl (C=O) groups excluding carboxylic acids is 1. The van der Waals surface area contributed by atoms with Gasteiger partial charge in [0.2, 0.25) is 0 Å². The lowest BCUT2D eigenvalue weighted by atomic mass is 10.1. The molecule has 1 aliphatic rings. The van der Waals surface area contributed by atoms with Gasteiger partial charge in [-0.2, -0.15) is 0 Å². The van der Waals surface area contributed by atoms with Crippen LogP contribution in [0.2, 0.25) is 5.02 Å². The topological polar surface area (TPSA) is 54.0 Å². The molecule has 0 spiro atoms. The lowest BCUT2D eigenvalue weighted by molar-refractivity contribution is 0.208. The zero-order chi connectivity index (χ0) is 20.3. The lowest BCUT2D eigenvalue weighted by Crippen LogP contribution is -2.50. The van der Waals surface area contributed by atoms with Gasteiger partial charge in [-0.3, -0.25) is 0 Å². The van der Waals surface area contributed by atoms with Crippen LogP contribution in [0.3, 0.4) is 0 Å². The molecule has 0 bridgehead atoms. The number of rotatable bonds is 4. The molecule has 0 aromatic heterocycles. The molecule has 150 valence electrons. The van der Waals surface area contributed by atoms with E-state index in [4.69, 9.17) is 21.1 Å². The van der Waals surface area contributed by atoms with Crippen LogP contribution in [0, 0.1) is 13.8 Å². The van der Waals surface area contributed by atoms with Crippen molar-refractivity contribution in [2.45, 2.75) is 13.8 Å². The fraction of sp³-hybridized carbons (Fsp3) is 0.381. The van der Waals surface area contributed by atoms with Crippen molar-refractivity contribution in [1.29, 1.82) is 0 Å². The van der Waals surface area contributed by atoms with Gasteiger partial charge in [0, 0.05) is 37.9 Å². The number of nitrogens with one attached hydrogen (secondary N) is 1. The maximum atomic E-state index is 12.7. The number of methoxy groups -OCH3 is 2. The summed E-state index contributed by atoms with van der Waals surface area (Å²) in [4.78, 5) is 16.9. The Morgan fingerprint density at radius 3 is 2.18 bits per heavy atom. The molecule has 6 nitrogen and oxygen atoms in total. The van der Waals surface area contributed by atoms with E-state index in [2.05, 4.69) is 42.3 Å². The van der Waals surface area contributed by atoms with Crippen molar-refractivity contribution in [2.75, 3.05) is 50.6 Å². The van der Waals surface area contributed by atoms with Crippen LogP contribution >= 0.6 is 11.6 Å². The summed E-state index contributed by atoms with van der Waals surface area (Å²) in [6, 6.07) is 9.47. The first-order valence-electron chi connectivity index (χ1n) is 9.23. The molecule has 3 rings (SSSR count). The summed E-state index contributed by atoms with van der Waals surface area (Å²) in [6.07, 6.45) is 0. The number of urea groups is 1. The molecule has 2 amide bonds. The number of halogens is 1. The predicted molar refractivity (Wildman–Crippen MR) is 113 cm³/mol. The van der Waals surface area contributed by atoms with Gasteiger partial charge >= 0.3 is 6.03 Å². The maximum Gasteiger partial charge on any atom is 0.322 e. The average Bonchev–Trinajstić information content (AvgIpc) is 2.68. The number of carbonyl (C=O) groups is 1. The van der Waals surface area contributed by atoms with Crippen LogP contribution in [0.25, 0.3) is 0 Å². The molecule has 2 aromatic carbocycles. The van der Waals surface area contributed by atoms with Crippen molar-refractivity contribution in [3.63, 3.8) is 0 Å². The van der Waals surface area contributed by atoms with Crippen molar-refractivity contribution >= 4 is 29.0 Å². The highest BCUT2D eigenvalue weighted by molar-refractivity contribution is 6.32. The predicted octanol–water partition coefficient (Wildman–Crippen LogP) is 4.33. The number of hydrogen-bond donors (Lipinski definition) is 1. The number of amides is 2. The molecule has 1 aliphatic heterocycles. The van der Waals surface area contributed by atoms with E-state index in [1.54, 1.807) is 19.2 Å². The molecule has 0 unspecified atom stereocenters. The van der Waals surface area contributed by atoms with Gasteiger partial charge in [-0.05, 0) is 31.0 Å².